The summed E-state index contributed by atoms with van der Waals surface area (Å²) in [6.07, 6.45) is 3.03. The molecule has 38 heavy (non-hydrogen) atoms. The highest BCUT2D eigenvalue weighted by atomic mass is 35.5. The van der Waals surface area contributed by atoms with E-state index in [9.17, 15) is 4.79 Å². The molecule has 2 N–H and O–H groups in total. The number of benzene rings is 2. The van der Waals surface area contributed by atoms with Crippen LogP contribution in [0.15, 0.2) is 41.8 Å². The summed E-state index contributed by atoms with van der Waals surface area (Å²) in [5.41, 5.74) is 1.09. The zero-order chi connectivity index (χ0) is 26.9. The number of carbonyl (C=O) groups is 1. The lowest BCUT2D eigenvalue weighted by atomic mass is 10.2. The van der Waals surface area contributed by atoms with Gasteiger partial charge in [0.15, 0.2) is 11.5 Å². The molecule has 0 bridgehead atoms. The molecule has 0 saturated heterocycles. The highest BCUT2D eigenvalue weighted by Gasteiger charge is 2.14. The fraction of sp³-hybridized carbons (Fsp3) is 0.333. The van der Waals surface area contributed by atoms with Gasteiger partial charge in [-0.05, 0) is 41.5 Å². The SMILES string of the molecule is CCCNC(=O)Nc1ccc(Oc2ncnc3cc(OCCCSc4nnnn4C)c(OC)cc23)cc1Cl. The Balaban J connectivity index is 1.43. The number of methoxy groups -OCH3 is 1. The fourth-order valence-corrected chi connectivity index (χ4v) is 4.30. The molecule has 2 amide bonds. The Hall–Kier alpha value is -3.84. The third kappa shape index (κ3) is 6.92. The van der Waals surface area contributed by atoms with Crippen LogP contribution in [0.5, 0.6) is 23.1 Å². The number of rotatable bonds is 12. The molecular formula is C24H27ClN8O4S. The van der Waals surface area contributed by atoms with Gasteiger partial charge in [0.2, 0.25) is 11.0 Å². The molecule has 0 atom stereocenters. The van der Waals surface area contributed by atoms with Crippen molar-refractivity contribution in [2.24, 2.45) is 7.05 Å². The number of amides is 2. The van der Waals surface area contributed by atoms with Crippen LogP contribution in [0.3, 0.4) is 0 Å². The predicted molar refractivity (Wildman–Crippen MR) is 145 cm³/mol. The molecule has 2 aromatic carbocycles. The van der Waals surface area contributed by atoms with Crippen LogP contribution in [0.2, 0.25) is 5.02 Å². The summed E-state index contributed by atoms with van der Waals surface area (Å²) in [4.78, 5) is 20.6. The predicted octanol–water partition coefficient (Wildman–Crippen LogP) is 4.70. The average Bonchev–Trinajstić information content (AvgIpc) is 3.33. The Bertz CT molecular complexity index is 1400. The minimum atomic E-state index is -0.323. The second kappa shape index (κ2) is 13.1. The number of aryl methyl sites for hydroxylation is 1. The number of nitrogens with zero attached hydrogens (tertiary/aromatic N) is 6. The van der Waals surface area contributed by atoms with Crippen molar-refractivity contribution in [3.63, 3.8) is 0 Å². The van der Waals surface area contributed by atoms with Crippen LogP contribution in [0.1, 0.15) is 19.8 Å². The summed E-state index contributed by atoms with van der Waals surface area (Å²) in [6, 6.07) is 8.20. The largest absolute Gasteiger partial charge is 0.493 e. The molecule has 2 aromatic heterocycles. The lowest BCUT2D eigenvalue weighted by molar-refractivity contribution is 0.252. The monoisotopic (exact) mass is 558 g/mol. The number of aromatic nitrogens is 6. The summed E-state index contributed by atoms with van der Waals surface area (Å²) in [5, 5.41) is 18.6. The first-order valence-electron chi connectivity index (χ1n) is 11.8. The summed E-state index contributed by atoms with van der Waals surface area (Å²) < 4.78 is 19.2. The first kappa shape index (κ1) is 27.2. The normalized spacial score (nSPS) is 10.8. The number of fused-ring (bicyclic) bond motifs is 1. The molecule has 0 aliphatic rings. The van der Waals surface area contributed by atoms with E-state index in [-0.39, 0.29) is 6.03 Å². The third-order valence-corrected chi connectivity index (χ3v) is 6.59. The average molecular weight is 559 g/mol. The molecule has 0 fully saturated rings. The molecule has 14 heteroatoms. The molecule has 0 unspecified atom stereocenters. The van der Waals surface area contributed by atoms with Crippen LogP contribution in [0.4, 0.5) is 10.5 Å². The van der Waals surface area contributed by atoms with Gasteiger partial charge in [0, 0.05) is 31.5 Å². The van der Waals surface area contributed by atoms with E-state index in [0.29, 0.717) is 57.9 Å². The number of halogens is 1. The van der Waals surface area contributed by atoms with Gasteiger partial charge in [-0.2, -0.15) is 0 Å². The lowest BCUT2D eigenvalue weighted by Crippen LogP contribution is -2.29. The van der Waals surface area contributed by atoms with E-state index in [1.54, 1.807) is 60.9 Å². The van der Waals surface area contributed by atoms with Crippen LogP contribution in [-0.2, 0) is 7.05 Å². The number of hydrogen-bond donors (Lipinski definition) is 2. The summed E-state index contributed by atoms with van der Waals surface area (Å²) in [5.74, 6) is 2.66. The van der Waals surface area contributed by atoms with Gasteiger partial charge in [0.1, 0.15) is 12.1 Å². The van der Waals surface area contributed by atoms with E-state index in [1.807, 2.05) is 6.92 Å². The lowest BCUT2D eigenvalue weighted by Gasteiger charge is -2.14. The summed E-state index contributed by atoms with van der Waals surface area (Å²) >= 11 is 7.92. The number of carbonyl (C=O) groups excluding carboxylic acids is 1. The summed E-state index contributed by atoms with van der Waals surface area (Å²) in [6.45, 7) is 3.02. The Morgan fingerprint density at radius 3 is 2.79 bits per heavy atom. The number of ether oxygens (including phenoxy) is 3. The zero-order valence-corrected chi connectivity index (χ0v) is 22.7. The second-order valence-electron chi connectivity index (χ2n) is 7.96. The van der Waals surface area contributed by atoms with Gasteiger partial charge in [0.05, 0.1) is 35.3 Å². The maximum absolute atomic E-state index is 11.9. The fourth-order valence-electron chi connectivity index (χ4n) is 3.32. The van der Waals surface area contributed by atoms with Crippen LogP contribution in [-0.4, -0.2) is 62.2 Å². The minimum Gasteiger partial charge on any atom is -0.493 e. The van der Waals surface area contributed by atoms with Crippen LogP contribution < -0.4 is 24.8 Å². The van der Waals surface area contributed by atoms with Gasteiger partial charge in [-0.15, -0.1) is 5.10 Å². The van der Waals surface area contributed by atoms with Gasteiger partial charge >= 0.3 is 6.03 Å². The minimum absolute atomic E-state index is 0.323. The molecule has 0 aliphatic heterocycles. The van der Waals surface area contributed by atoms with Crippen LogP contribution in [0, 0.1) is 0 Å². The maximum Gasteiger partial charge on any atom is 0.319 e. The van der Waals surface area contributed by atoms with Crippen LogP contribution in [0.25, 0.3) is 10.9 Å². The molecule has 4 aromatic rings. The molecule has 0 saturated carbocycles. The summed E-state index contributed by atoms with van der Waals surface area (Å²) in [7, 11) is 3.37. The van der Waals surface area contributed by atoms with Crippen molar-refractivity contribution < 1.29 is 19.0 Å². The topological polar surface area (TPSA) is 138 Å². The molecule has 4 rings (SSSR count). The molecule has 2 heterocycles. The van der Waals surface area contributed by atoms with Gasteiger partial charge in [0.25, 0.3) is 0 Å². The maximum atomic E-state index is 11.9. The number of nitrogens with one attached hydrogen (secondary N) is 2. The van der Waals surface area contributed by atoms with Crippen molar-refractivity contribution >= 4 is 46.0 Å². The van der Waals surface area contributed by atoms with Gasteiger partial charge < -0.3 is 24.8 Å². The van der Waals surface area contributed by atoms with Gasteiger partial charge in [-0.25, -0.2) is 19.4 Å². The van der Waals surface area contributed by atoms with E-state index < -0.39 is 0 Å². The zero-order valence-electron chi connectivity index (χ0n) is 21.1. The Morgan fingerprint density at radius 1 is 1.18 bits per heavy atom. The molecule has 12 nitrogen and oxygen atoms in total. The molecule has 0 radical (unpaired) electrons. The highest BCUT2D eigenvalue weighted by molar-refractivity contribution is 7.99. The van der Waals surface area contributed by atoms with E-state index >= 15 is 0 Å². The molecule has 200 valence electrons. The highest BCUT2D eigenvalue weighted by Crippen LogP contribution is 2.37. The molecule has 0 spiro atoms. The first-order chi connectivity index (χ1) is 18.5. The standard InChI is InChI=1S/C24H27ClN8O4S/c1-4-8-26-23(34)29-18-7-6-15(11-17(18)25)37-22-16-12-20(35-3)21(13-19(16)27-14-28-22)36-9-5-10-38-24-30-31-32-33(24)2/h6-7,11-14H,4-5,8-10H2,1-3H3,(H2,26,29,34). The molecular weight excluding hydrogens is 532 g/mol. The quantitative estimate of drug-likeness (QED) is 0.186. The third-order valence-electron chi connectivity index (χ3n) is 5.18. The van der Waals surface area contributed by atoms with E-state index in [4.69, 9.17) is 25.8 Å². The number of tetrazole rings is 1. The Labute approximate surface area is 228 Å². The van der Waals surface area contributed by atoms with E-state index in [0.717, 1.165) is 23.8 Å². The van der Waals surface area contributed by atoms with Crippen molar-refractivity contribution in [1.82, 2.24) is 35.5 Å². The second-order valence-corrected chi connectivity index (χ2v) is 9.43. The van der Waals surface area contributed by atoms with Crippen molar-refractivity contribution in [1.29, 1.82) is 0 Å². The van der Waals surface area contributed by atoms with Crippen molar-refractivity contribution in [3.05, 3.63) is 41.7 Å². The van der Waals surface area contributed by atoms with E-state index in [1.165, 1.54) is 6.33 Å². The number of hydrogen-bond acceptors (Lipinski definition) is 10. The van der Waals surface area contributed by atoms with Crippen LogP contribution >= 0.6 is 23.4 Å². The van der Waals surface area contributed by atoms with Crippen molar-refractivity contribution in [2.75, 3.05) is 31.3 Å². The smallest absolute Gasteiger partial charge is 0.319 e. The van der Waals surface area contributed by atoms with Gasteiger partial charge in [-0.1, -0.05) is 30.3 Å². The number of thioether (sulfide) groups is 1. The Kier molecular flexibility index (Phi) is 9.38. The first-order valence-corrected chi connectivity index (χ1v) is 13.2. The number of urea groups is 1. The number of anilines is 1. The van der Waals surface area contributed by atoms with Crippen molar-refractivity contribution in [3.8, 4) is 23.1 Å². The molecule has 0 aliphatic carbocycles. The van der Waals surface area contributed by atoms with Crippen molar-refractivity contribution in [2.45, 2.75) is 24.9 Å². The van der Waals surface area contributed by atoms with Gasteiger partial charge in [-0.3, -0.25) is 0 Å². The van der Waals surface area contributed by atoms with E-state index in [2.05, 4.69) is 36.1 Å². The Morgan fingerprint density at radius 2 is 2.05 bits per heavy atom.